The fourth-order valence-corrected chi connectivity index (χ4v) is 1.79. The monoisotopic (exact) mass is 281 g/mol. The number of amides is 1. The second-order valence-electron chi connectivity index (χ2n) is 5.88. The average molecular weight is 281 g/mol. The topological polar surface area (TPSA) is 84.2 Å². The molecule has 1 amide bonds. The zero-order valence-electron chi connectivity index (χ0n) is 12.5. The Hall–Kier alpha value is -1.85. The third-order valence-electron chi connectivity index (χ3n) is 3.03. The molecule has 0 fully saturated rings. The van der Waals surface area contributed by atoms with Crippen molar-refractivity contribution in [3.63, 3.8) is 0 Å². The van der Waals surface area contributed by atoms with Crippen molar-refractivity contribution >= 4 is 11.9 Å². The van der Waals surface area contributed by atoms with E-state index in [1.54, 1.807) is 10.9 Å². The van der Waals surface area contributed by atoms with Gasteiger partial charge < -0.3 is 10.4 Å². The summed E-state index contributed by atoms with van der Waals surface area (Å²) in [7, 11) is 0. The Morgan fingerprint density at radius 2 is 2.10 bits per heavy atom. The predicted molar refractivity (Wildman–Crippen MR) is 75.6 cm³/mol. The fourth-order valence-electron chi connectivity index (χ4n) is 1.79. The molecule has 1 aromatic rings. The largest absolute Gasteiger partial charge is 0.481 e. The molecule has 0 radical (unpaired) electrons. The molecule has 0 saturated heterocycles. The number of nitrogens with one attached hydrogen (secondary N) is 1. The molecule has 112 valence electrons. The SMILES string of the molecule is CCCC(CNC(=O)c1cnn(C(C)(C)C)c1)C(=O)O. The summed E-state index contributed by atoms with van der Waals surface area (Å²) in [6.07, 6.45) is 4.49. The van der Waals surface area contributed by atoms with E-state index < -0.39 is 11.9 Å². The molecule has 1 rings (SSSR count). The van der Waals surface area contributed by atoms with Crippen LogP contribution in [0.5, 0.6) is 0 Å². The maximum Gasteiger partial charge on any atom is 0.308 e. The molecular weight excluding hydrogens is 258 g/mol. The van der Waals surface area contributed by atoms with Crippen molar-refractivity contribution in [3.8, 4) is 0 Å². The summed E-state index contributed by atoms with van der Waals surface area (Å²) < 4.78 is 1.71. The number of hydrogen-bond donors (Lipinski definition) is 2. The van der Waals surface area contributed by atoms with Crippen LogP contribution in [0.15, 0.2) is 12.4 Å². The lowest BCUT2D eigenvalue weighted by Crippen LogP contribution is -2.32. The molecule has 0 saturated carbocycles. The van der Waals surface area contributed by atoms with Gasteiger partial charge in [0.2, 0.25) is 0 Å². The molecule has 6 heteroatoms. The lowest BCUT2D eigenvalue weighted by atomic mass is 10.0. The van der Waals surface area contributed by atoms with E-state index in [1.165, 1.54) is 6.20 Å². The number of aromatic nitrogens is 2. The van der Waals surface area contributed by atoms with Crippen LogP contribution < -0.4 is 5.32 Å². The maximum absolute atomic E-state index is 12.0. The van der Waals surface area contributed by atoms with Crippen LogP contribution in [0.1, 0.15) is 50.9 Å². The Balaban J connectivity index is 2.63. The molecule has 1 aromatic heterocycles. The summed E-state index contributed by atoms with van der Waals surface area (Å²) in [5, 5.41) is 15.8. The van der Waals surface area contributed by atoms with Crippen LogP contribution in [0.25, 0.3) is 0 Å². The predicted octanol–water partition coefficient (Wildman–Crippen LogP) is 1.87. The molecule has 1 heterocycles. The minimum atomic E-state index is -0.877. The number of nitrogens with zero attached hydrogens (tertiary/aromatic N) is 2. The van der Waals surface area contributed by atoms with Crippen LogP contribution in [0.3, 0.4) is 0 Å². The standard InChI is InChI=1S/C14H23N3O3/c1-5-6-10(13(19)20)7-15-12(18)11-8-16-17(9-11)14(2,3)4/h8-10H,5-7H2,1-4H3,(H,15,18)(H,19,20). The van der Waals surface area contributed by atoms with Crippen LogP contribution in [0.4, 0.5) is 0 Å². The smallest absolute Gasteiger partial charge is 0.308 e. The zero-order chi connectivity index (χ0) is 15.3. The van der Waals surface area contributed by atoms with Crippen LogP contribution in [-0.4, -0.2) is 33.3 Å². The van der Waals surface area contributed by atoms with Crippen molar-refractivity contribution in [1.29, 1.82) is 0 Å². The molecule has 1 atom stereocenters. The van der Waals surface area contributed by atoms with Crippen LogP contribution >= 0.6 is 0 Å². The third-order valence-corrected chi connectivity index (χ3v) is 3.03. The van der Waals surface area contributed by atoms with Gasteiger partial charge in [0.05, 0.1) is 23.2 Å². The Labute approximate surface area is 119 Å². The van der Waals surface area contributed by atoms with E-state index in [2.05, 4.69) is 10.4 Å². The highest BCUT2D eigenvalue weighted by Gasteiger charge is 2.20. The van der Waals surface area contributed by atoms with Crippen molar-refractivity contribution in [2.24, 2.45) is 5.92 Å². The van der Waals surface area contributed by atoms with Crippen LogP contribution in [0.2, 0.25) is 0 Å². The summed E-state index contributed by atoms with van der Waals surface area (Å²) >= 11 is 0. The summed E-state index contributed by atoms with van der Waals surface area (Å²) in [5.41, 5.74) is 0.255. The van der Waals surface area contributed by atoms with Gasteiger partial charge in [-0.2, -0.15) is 5.10 Å². The Morgan fingerprint density at radius 1 is 1.45 bits per heavy atom. The van der Waals surface area contributed by atoms with Gasteiger partial charge >= 0.3 is 5.97 Å². The van der Waals surface area contributed by atoms with Crippen LogP contribution in [-0.2, 0) is 10.3 Å². The second kappa shape index (κ2) is 6.54. The lowest BCUT2D eigenvalue weighted by molar-refractivity contribution is -0.141. The quantitative estimate of drug-likeness (QED) is 0.833. The number of carbonyl (C=O) groups excluding carboxylic acids is 1. The first-order valence-corrected chi connectivity index (χ1v) is 6.82. The first-order valence-electron chi connectivity index (χ1n) is 6.82. The van der Waals surface area contributed by atoms with Crippen molar-refractivity contribution in [2.45, 2.75) is 46.1 Å². The third kappa shape index (κ3) is 4.36. The number of aliphatic carboxylic acids is 1. The highest BCUT2D eigenvalue weighted by Crippen LogP contribution is 2.13. The van der Waals surface area contributed by atoms with Gasteiger partial charge in [-0.3, -0.25) is 14.3 Å². The molecule has 0 spiro atoms. The summed E-state index contributed by atoms with van der Waals surface area (Å²) in [4.78, 5) is 23.0. The van der Waals surface area contributed by atoms with Gasteiger partial charge in [-0.1, -0.05) is 13.3 Å². The van der Waals surface area contributed by atoms with Gasteiger partial charge in [0.25, 0.3) is 5.91 Å². The lowest BCUT2D eigenvalue weighted by Gasteiger charge is -2.18. The molecule has 1 unspecified atom stereocenters. The van der Waals surface area contributed by atoms with Gasteiger partial charge in [0.1, 0.15) is 0 Å². The van der Waals surface area contributed by atoms with E-state index in [0.29, 0.717) is 12.0 Å². The molecule has 0 aromatic carbocycles. The first-order chi connectivity index (χ1) is 9.25. The van der Waals surface area contributed by atoms with Crippen LogP contribution in [0, 0.1) is 5.92 Å². The molecule has 20 heavy (non-hydrogen) atoms. The maximum atomic E-state index is 12.0. The van der Waals surface area contributed by atoms with Gasteiger partial charge in [-0.15, -0.1) is 0 Å². The van der Waals surface area contributed by atoms with E-state index in [-0.39, 0.29) is 18.0 Å². The molecule has 0 aliphatic carbocycles. The van der Waals surface area contributed by atoms with Crippen molar-refractivity contribution < 1.29 is 14.7 Å². The van der Waals surface area contributed by atoms with Gasteiger partial charge in [-0.05, 0) is 27.2 Å². The van der Waals surface area contributed by atoms with E-state index in [4.69, 9.17) is 5.11 Å². The van der Waals surface area contributed by atoms with E-state index in [1.807, 2.05) is 27.7 Å². The van der Waals surface area contributed by atoms with Crippen molar-refractivity contribution in [2.75, 3.05) is 6.54 Å². The number of carbonyl (C=O) groups is 2. The average Bonchev–Trinajstić information content (AvgIpc) is 2.83. The summed E-state index contributed by atoms with van der Waals surface area (Å²) in [6, 6.07) is 0. The Morgan fingerprint density at radius 3 is 2.55 bits per heavy atom. The molecule has 0 aliphatic heterocycles. The first kappa shape index (κ1) is 16.2. The van der Waals surface area contributed by atoms with Gasteiger partial charge in [-0.25, -0.2) is 0 Å². The number of hydrogen-bond acceptors (Lipinski definition) is 3. The zero-order valence-corrected chi connectivity index (χ0v) is 12.5. The minimum absolute atomic E-state index is 0.142. The number of rotatable bonds is 6. The molecule has 0 bridgehead atoms. The Kier molecular flexibility index (Phi) is 5.30. The normalized spacial score (nSPS) is 13.0. The van der Waals surface area contributed by atoms with E-state index >= 15 is 0 Å². The van der Waals surface area contributed by atoms with E-state index in [9.17, 15) is 9.59 Å². The highest BCUT2D eigenvalue weighted by molar-refractivity contribution is 5.93. The highest BCUT2D eigenvalue weighted by atomic mass is 16.4. The Bertz CT molecular complexity index is 474. The molecule has 6 nitrogen and oxygen atoms in total. The number of carboxylic acid groups (broad SMARTS) is 1. The van der Waals surface area contributed by atoms with E-state index in [0.717, 1.165) is 6.42 Å². The number of carboxylic acids is 1. The summed E-state index contributed by atoms with van der Waals surface area (Å²) in [6.45, 7) is 8.03. The molecular formula is C14H23N3O3. The van der Waals surface area contributed by atoms with Gasteiger partial charge in [0, 0.05) is 12.7 Å². The van der Waals surface area contributed by atoms with Crippen molar-refractivity contribution in [1.82, 2.24) is 15.1 Å². The molecule has 2 N–H and O–H groups in total. The van der Waals surface area contributed by atoms with Crippen molar-refractivity contribution in [3.05, 3.63) is 18.0 Å². The molecule has 0 aliphatic rings. The second-order valence-corrected chi connectivity index (χ2v) is 5.88. The van der Waals surface area contributed by atoms with Gasteiger partial charge in [0.15, 0.2) is 0 Å². The summed E-state index contributed by atoms with van der Waals surface area (Å²) in [5.74, 6) is -1.71. The minimum Gasteiger partial charge on any atom is -0.481 e. The fraction of sp³-hybridized carbons (Fsp3) is 0.643.